The second kappa shape index (κ2) is 4.46. The first-order valence-electron chi connectivity index (χ1n) is 4.60. The Morgan fingerprint density at radius 1 is 0.933 bits per heavy atom. The molecule has 1 aliphatic heterocycles. The molecule has 1 aliphatic rings. The van der Waals surface area contributed by atoms with Gasteiger partial charge in [0.05, 0.1) is 0 Å². The number of aliphatic hydroxyl groups excluding tert-OH is 5. The molecule has 5 atom stereocenters. The van der Waals surface area contributed by atoms with Gasteiger partial charge in [0.1, 0.15) is 30.2 Å². The Morgan fingerprint density at radius 3 is 1.93 bits per heavy atom. The molecule has 1 saturated heterocycles. The number of aliphatic hydroxyl groups is 5. The Balaban J connectivity index is 2.89. The molecule has 6 heteroatoms. The van der Waals surface area contributed by atoms with Gasteiger partial charge in [-0.05, 0) is 19.4 Å². The van der Waals surface area contributed by atoms with Gasteiger partial charge in [-0.3, -0.25) is 0 Å². The molecule has 0 amide bonds. The fourth-order valence-electron chi connectivity index (χ4n) is 1.37. The molecular formula is C9H16O6. The summed E-state index contributed by atoms with van der Waals surface area (Å²) in [5, 5.41) is 46.7. The Kier molecular flexibility index (Phi) is 3.69. The Hall–Kier alpha value is -0.660. The van der Waals surface area contributed by atoms with Crippen LogP contribution in [0.2, 0.25) is 0 Å². The van der Waals surface area contributed by atoms with Gasteiger partial charge >= 0.3 is 0 Å². The summed E-state index contributed by atoms with van der Waals surface area (Å²) in [6.45, 7) is 3.18. The maximum absolute atomic E-state index is 9.53. The number of rotatable bonds is 1. The third-order valence-electron chi connectivity index (χ3n) is 2.37. The van der Waals surface area contributed by atoms with Crippen molar-refractivity contribution < 1.29 is 30.3 Å². The lowest BCUT2D eigenvalue weighted by molar-refractivity contribution is -0.278. The highest BCUT2D eigenvalue weighted by Gasteiger charge is 2.44. The molecule has 15 heavy (non-hydrogen) atoms. The zero-order valence-corrected chi connectivity index (χ0v) is 8.53. The maximum atomic E-state index is 9.53. The summed E-state index contributed by atoms with van der Waals surface area (Å²) in [4.78, 5) is 0. The molecule has 6 nitrogen and oxygen atoms in total. The zero-order valence-electron chi connectivity index (χ0n) is 8.53. The molecule has 0 unspecified atom stereocenters. The van der Waals surface area contributed by atoms with E-state index >= 15 is 0 Å². The molecule has 0 radical (unpaired) electrons. The van der Waals surface area contributed by atoms with Crippen molar-refractivity contribution in [1.29, 1.82) is 0 Å². The first-order chi connectivity index (χ1) is 6.86. The highest BCUT2D eigenvalue weighted by atomic mass is 16.6. The van der Waals surface area contributed by atoms with Crippen molar-refractivity contribution >= 4 is 0 Å². The number of allylic oxidation sites excluding steroid dienone is 1. The van der Waals surface area contributed by atoms with Crippen LogP contribution in [0.15, 0.2) is 11.3 Å². The summed E-state index contributed by atoms with van der Waals surface area (Å²) in [7, 11) is 0. The largest absolute Gasteiger partial charge is 0.510 e. The molecule has 0 aromatic carbocycles. The van der Waals surface area contributed by atoms with E-state index in [1.807, 2.05) is 0 Å². The molecule has 88 valence electrons. The predicted molar refractivity (Wildman–Crippen MR) is 49.9 cm³/mol. The second-order valence-corrected chi connectivity index (χ2v) is 3.80. The molecule has 5 N–H and O–H groups in total. The first-order valence-corrected chi connectivity index (χ1v) is 4.60. The van der Waals surface area contributed by atoms with Crippen LogP contribution in [0, 0.1) is 0 Å². The fourth-order valence-corrected chi connectivity index (χ4v) is 1.37. The van der Waals surface area contributed by atoms with Gasteiger partial charge in [0, 0.05) is 0 Å². The van der Waals surface area contributed by atoms with Gasteiger partial charge < -0.3 is 30.3 Å². The lowest BCUT2D eigenvalue weighted by Gasteiger charge is -2.38. The van der Waals surface area contributed by atoms with Crippen LogP contribution >= 0.6 is 0 Å². The van der Waals surface area contributed by atoms with Gasteiger partial charge in [-0.25, -0.2) is 0 Å². The van der Waals surface area contributed by atoms with Crippen LogP contribution in [-0.2, 0) is 4.74 Å². The smallest absolute Gasteiger partial charge is 0.184 e. The van der Waals surface area contributed by atoms with Gasteiger partial charge in [-0.2, -0.15) is 0 Å². The molecule has 0 bridgehead atoms. The minimum absolute atomic E-state index is 0.257. The van der Waals surface area contributed by atoms with Crippen molar-refractivity contribution in [1.82, 2.24) is 0 Å². The van der Waals surface area contributed by atoms with Gasteiger partial charge in [-0.15, -0.1) is 0 Å². The summed E-state index contributed by atoms with van der Waals surface area (Å²) >= 11 is 0. The maximum Gasteiger partial charge on any atom is 0.184 e. The number of hydrogen-bond acceptors (Lipinski definition) is 6. The molecule has 1 rings (SSSR count). The van der Waals surface area contributed by atoms with E-state index in [1.54, 1.807) is 13.8 Å². The topological polar surface area (TPSA) is 110 Å². The van der Waals surface area contributed by atoms with Crippen molar-refractivity contribution in [3.63, 3.8) is 0 Å². The monoisotopic (exact) mass is 220 g/mol. The van der Waals surface area contributed by atoms with E-state index in [1.165, 1.54) is 0 Å². The highest BCUT2D eigenvalue weighted by Crippen LogP contribution is 2.24. The molecule has 0 aromatic heterocycles. The van der Waals surface area contributed by atoms with Crippen LogP contribution in [0.4, 0.5) is 0 Å². The molecule has 0 aliphatic carbocycles. The van der Waals surface area contributed by atoms with Gasteiger partial charge in [0.2, 0.25) is 0 Å². The van der Waals surface area contributed by atoms with E-state index < -0.39 is 30.7 Å². The summed E-state index contributed by atoms with van der Waals surface area (Å²) in [5.41, 5.74) is 0.495. The Bertz CT molecular complexity index is 259. The molecule has 1 heterocycles. The van der Waals surface area contributed by atoms with Crippen molar-refractivity contribution in [3.8, 4) is 0 Å². The Labute approximate surface area is 87.0 Å². The number of hydrogen-bond donors (Lipinski definition) is 5. The van der Waals surface area contributed by atoms with E-state index in [9.17, 15) is 25.5 Å². The SMILES string of the molecule is CC(C)=C(O)[C@H]1O[C@H](O)[C@H](O)[C@@H](O)[C@H]1O. The first kappa shape index (κ1) is 12.4. The van der Waals surface area contributed by atoms with Crippen molar-refractivity contribution in [2.24, 2.45) is 0 Å². The van der Waals surface area contributed by atoms with E-state index in [2.05, 4.69) is 0 Å². The molecule has 0 saturated carbocycles. The quantitative estimate of drug-likeness (QED) is 0.349. The lowest BCUT2D eigenvalue weighted by Crippen LogP contribution is -2.58. The van der Waals surface area contributed by atoms with E-state index in [0.717, 1.165) is 0 Å². The van der Waals surface area contributed by atoms with Gasteiger partial charge in [0.25, 0.3) is 0 Å². The van der Waals surface area contributed by atoms with Crippen LogP contribution in [0.25, 0.3) is 0 Å². The number of ether oxygens (including phenoxy) is 1. The van der Waals surface area contributed by atoms with Crippen molar-refractivity contribution in [2.45, 2.75) is 44.6 Å². The standard InChI is InChI=1S/C9H16O6/c1-3(2)4(10)8-6(12)5(11)7(13)9(14)15-8/h5-14H,1-2H3/t5-,6+,7+,8+,9-/m0/s1. The van der Waals surface area contributed by atoms with Crippen LogP contribution in [0.3, 0.4) is 0 Å². The summed E-state index contributed by atoms with van der Waals surface area (Å²) in [5.74, 6) is -0.257. The molecule has 0 spiro atoms. The summed E-state index contributed by atoms with van der Waals surface area (Å²) < 4.78 is 4.79. The molecule has 0 aromatic rings. The Morgan fingerprint density at radius 2 is 1.47 bits per heavy atom. The lowest BCUT2D eigenvalue weighted by atomic mass is 9.96. The van der Waals surface area contributed by atoms with E-state index in [0.29, 0.717) is 5.57 Å². The predicted octanol–water partition coefficient (Wildman–Crippen LogP) is -1.36. The normalized spacial score (nSPS) is 41.3. The summed E-state index contributed by atoms with van der Waals surface area (Å²) in [6, 6.07) is 0. The van der Waals surface area contributed by atoms with E-state index in [-0.39, 0.29) is 5.76 Å². The van der Waals surface area contributed by atoms with Crippen molar-refractivity contribution in [2.75, 3.05) is 0 Å². The van der Waals surface area contributed by atoms with Crippen molar-refractivity contribution in [3.05, 3.63) is 11.3 Å². The molecule has 1 fully saturated rings. The van der Waals surface area contributed by atoms with Gasteiger partial charge in [0.15, 0.2) is 6.29 Å². The third kappa shape index (κ3) is 2.30. The average Bonchev–Trinajstić information content (AvgIpc) is 2.19. The third-order valence-corrected chi connectivity index (χ3v) is 2.37. The van der Waals surface area contributed by atoms with Gasteiger partial charge in [-0.1, -0.05) is 0 Å². The van der Waals surface area contributed by atoms with E-state index in [4.69, 9.17) is 4.74 Å². The van der Waals surface area contributed by atoms with Crippen LogP contribution in [0.5, 0.6) is 0 Å². The minimum atomic E-state index is -1.63. The highest BCUT2D eigenvalue weighted by molar-refractivity contribution is 5.11. The van der Waals surface area contributed by atoms with Crippen LogP contribution < -0.4 is 0 Å². The minimum Gasteiger partial charge on any atom is -0.510 e. The van der Waals surface area contributed by atoms with Crippen LogP contribution in [0.1, 0.15) is 13.8 Å². The second-order valence-electron chi connectivity index (χ2n) is 3.80. The molecular weight excluding hydrogens is 204 g/mol. The summed E-state index contributed by atoms with van der Waals surface area (Å²) in [6.07, 6.45) is -7.46. The average molecular weight is 220 g/mol. The fraction of sp³-hybridized carbons (Fsp3) is 0.778. The zero-order chi connectivity index (χ0) is 11.7. The van der Waals surface area contributed by atoms with Crippen LogP contribution in [-0.4, -0.2) is 56.2 Å².